The fourth-order valence-corrected chi connectivity index (χ4v) is 2.14. The lowest BCUT2D eigenvalue weighted by Gasteiger charge is -2.13. The van der Waals surface area contributed by atoms with Crippen molar-refractivity contribution in [2.24, 2.45) is 7.05 Å². The molecule has 1 amide bonds. The maximum absolute atomic E-state index is 12.2. The molecule has 2 rings (SSSR count). The summed E-state index contributed by atoms with van der Waals surface area (Å²) in [6, 6.07) is 7.56. The van der Waals surface area contributed by atoms with Crippen LogP contribution in [0.5, 0.6) is 0 Å². The van der Waals surface area contributed by atoms with Crippen LogP contribution in [0.1, 0.15) is 48.1 Å². The molecule has 1 atom stereocenters. The van der Waals surface area contributed by atoms with E-state index in [9.17, 15) is 4.79 Å². The van der Waals surface area contributed by atoms with Crippen molar-refractivity contribution >= 4 is 5.91 Å². The number of aromatic nitrogens is 3. The third kappa shape index (κ3) is 3.23. The Balaban J connectivity index is 2.03. The van der Waals surface area contributed by atoms with E-state index in [0.717, 1.165) is 18.7 Å². The van der Waals surface area contributed by atoms with Crippen LogP contribution in [0.2, 0.25) is 0 Å². The monoisotopic (exact) mass is 272 g/mol. The maximum Gasteiger partial charge on any atom is 0.251 e. The number of amides is 1. The van der Waals surface area contributed by atoms with Crippen LogP contribution in [0.3, 0.4) is 0 Å². The van der Waals surface area contributed by atoms with Gasteiger partial charge in [0.15, 0.2) is 5.82 Å². The second kappa shape index (κ2) is 6.32. The van der Waals surface area contributed by atoms with E-state index in [-0.39, 0.29) is 11.9 Å². The molecule has 0 unspecified atom stereocenters. The second-order valence-corrected chi connectivity index (χ2v) is 4.94. The predicted octanol–water partition coefficient (Wildman–Crippen LogP) is 2.26. The Bertz CT molecular complexity index is 574. The predicted molar refractivity (Wildman–Crippen MR) is 77.3 cm³/mol. The molecule has 0 saturated carbocycles. The summed E-state index contributed by atoms with van der Waals surface area (Å²) in [7, 11) is 1.86. The molecule has 0 aliphatic rings. The van der Waals surface area contributed by atoms with Gasteiger partial charge < -0.3 is 9.88 Å². The van der Waals surface area contributed by atoms with Crippen LogP contribution >= 0.6 is 0 Å². The second-order valence-electron chi connectivity index (χ2n) is 4.94. The molecule has 0 fully saturated rings. The van der Waals surface area contributed by atoms with Gasteiger partial charge in [0.2, 0.25) is 0 Å². The normalized spacial score (nSPS) is 12.2. The standard InChI is InChI=1S/C15H20N4O/c1-4-5-12-6-8-13(9-7-12)15(20)17-11(2)14-18-16-10-19(14)3/h6-11H,4-5H2,1-3H3,(H,17,20)/t11-/m1/s1. The van der Waals surface area contributed by atoms with E-state index in [2.05, 4.69) is 22.4 Å². The zero-order valence-electron chi connectivity index (χ0n) is 12.1. The van der Waals surface area contributed by atoms with Gasteiger partial charge in [-0.2, -0.15) is 0 Å². The molecule has 1 aromatic heterocycles. The first-order chi connectivity index (χ1) is 9.61. The summed E-state index contributed by atoms with van der Waals surface area (Å²) in [5, 5.41) is 10.7. The molecule has 106 valence electrons. The highest BCUT2D eigenvalue weighted by molar-refractivity contribution is 5.94. The lowest BCUT2D eigenvalue weighted by atomic mass is 10.1. The van der Waals surface area contributed by atoms with Crippen molar-refractivity contribution in [2.45, 2.75) is 32.7 Å². The van der Waals surface area contributed by atoms with Crippen molar-refractivity contribution in [3.05, 3.63) is 47.5 Å². The highest BCUT2D eigenvalue weighted by atomic mass is 16.1. The first-order valence-corrected chi connectivity index (χ1v) is 6.85. The summed E-state index contributed by atoms with van der Waals surface area (Å²) in [6.45, 7) is 4.04. The summed E-state index contributed by atoms with van der Waals surface area (Å²) in [6.07, 6.45) is 3.77. The number of rotatable bonds is 5. The van der Waals surface area contributed by atoms with Crippen LogP contribution in [-0.4, -0.2) is 20.7 Å². The summed E-state index contributed by atoms with van der Waals surface area (Å²) in [5.74, 6) is 0.643. The Hall–Kier alpha value is -2.17. The number of hydrogen-bond donors (Lipinski definition) is 1. The topological polar surface area (TPSA) is 59.8 Å². The number of hydrogen-bond acceptors (Lipinski definition) is 3. The number of nitrogens with one attached hydrogen (secondary N) is 1. The Morgan fingerprint density at radius 2 is 2.05 bits per heavy atom. The van der Waals surface area contributed by atoms with Crippen molar-refractivity contribution in [3.8, 4) is 0 Å². The minimum absolute atomic E-state index is 0.0939. The molecule has 0 saturated heterocycles. The molecule has 0 aliphatic heterocycles. The van der Waals surface area contributed by atoms with Crippen molar-refractivity contribution in [3.63, 3.8) is 0 Å². The first kappa shape index (κ1) is 14.2. The number of carbonyl (C=O) groups excluding carboxylic acids is 1. The molecule has 1 N–H and O–H groups in total. The summed E-state index contributed by atoms with van der Waals surface area (Å²) in [5.41, 5.74) is 1.92. The molecule has 20 heavy (non-hydrogen) atoms. The van der Waals surface area contributed by atoms with Crippen LogP contribution in [0.4, 0.5) is 0 Å². The van der Waals surface area contributed by atoms with Gasteiger partial charge in [-0.05, 0) is 31.0 Å². The van der Waals surface area contributed by atoms with Crippen LogP contribution in [0, 0.1) is 0 Å². The number of benzene rings is 1. The average molecular weight is 272 g/mol. The number of carbonyl (C=O) groups is 1. The molecule has 0 aliphatic carbocycles. The molecule has 0 radical (unpaired) electrons. The highest BCUT2D eigenvalue weighted by Crippen LogP contribution is 2.11. The molecule has 1 heterocycles. The van der Waals surface area contributed by atoms with Gasteiger partial charge in [0, 0.05) is 12.6 Å². The summed E-state index contributed by atoms with van der Waals surface area (Å²) in [4.78, 5) is 12.2. The zero-order valence-corrected chi connectivity index (χ0v) is 12.1. The van der Waals surface area contributed by atoms with Gasteiger partial charge in [-0.25, -0.2) is 0 Å². The third-order valence-electron chi connectivity index (χ3n) is 3.24. The van der Waals surface area contributed by atoms with Gasteiger partial charge in [-0.3, -0.25) is 4.79 Å². The fraction of sp³-hybridized carbons (Fsp3) is 0.400. The van der Waals surface area contributed by atoms with E-state index in [0.29, 0.717) is 5.56 Å². The summed E-state index contributed by atoms with van der Waals surface area (Å²) < 4.78 is 1.80. The number of nitrogens with zero attached hydrogens (tertiary/aromatic N) is 3. The Morgan fingerprint density at radius 3 is 2.60 bits per heavy atom. The van der Waals surface area contributed by atoms with Crippen LogP contribution in [0.15, 0.2) is 30.6 Å². The van der Waals surface area contributed by atoms with Crippen molar-refractivity contribution in [2.75, 3.05) is 0 Å². The van der Waals surface area contributed by atoms with E-state index in [1.54, 1.807) is 10.9 Å². The lowest BCUT2D eigenvalue weighted by molar-refractivity contribution is 0.0938. The third-order valence-corrected chi connectivity index (χ3v) is 3.24. The Morgan fingerprint density at radius 1 is 1.35 bits per heavy atom. The van der Waals surface area contributed by atoms with Gasteiger partial charge in [-0.1, -0.05) is 25.5 Å². The van der Waals surface area contributed by atoms with Crippen molar-refractivity contribution in [1.82, 2.24) is 20.1 Å². The van der Waals surface area contributed by atoms with Gasteiger partial charge in [-0.15, -0.1) is 10.2 Å². The molecular formula is C15H20N4O. The van der Waals surface area contributed by atoms with Crippen LogP contribution in [-0.2, 0) is 13.5 Å². The van der Waals surface area contributed by atoms with E-state index < -0.39 is 0 Å². The quantitative estimate of drug-likeness (QED) is 0.908. The Kier molecular flexibility index (Phi) is 4.50. The van der Waals surface area contributed by atoms with Crippen LogP contribution < -0.4 is 5.32 Å². The van der Waals surface area contributed by atoms with Crippen molar-refractivity contribution < 1.29 is 4.79 Å². The smallest absolute Gasteiger partial charge is 0.251 e. The van der Waals surface area contributed by atoms with E-state index in [1.165, 1.54) is 5.56 Å². The van der Waals surface area contributed by atoms with E-state index in [1.807, 2.05) is 38.2 Å². The lowest BCUT2D eigenvalue weighted by Crippen LogP contribution is -2.28. The highest BCUT2D eigenvalue weighted by Gasteiger charge is 2.15. The van der Waals surface area contributed by atoms with Gasteiger partial charge in [0.25, 0.3) is 5.91 Å². The fourth-order valence-electron chi connectivity index (χ4n) is 2.14. The molecule has 0 spiro atoms. The zero-order chi connectivity index (χ0) is 14.5. The maximum atomic E-state index is 12.2. The van der Waals surface area contributed by atoms with Crippen molar-refractivity contribution in [1.29, 1.82) is 0 Å². The molecular weight excluding hydrogens is 252 g/mol. The number of aryl methyl sites for hydroxylation is 2. The van der Waals surface area contributed by atoms with Crippen LogP contribution in [0.25, 0.3) is 0 Å². The largest absolute Gasteiger partial charge is 0.342 e. The molecule has 1 aromatic carbocycles. The molecule has 2 aromatic rings. The summed E-state index contributed by atoms with van der Waals surface area (Å²) >= 11 is 0. The van der Waals surface area contributed by atoms with Gasteiger partial charge in [0.1, 0.15) is 6.33 Å². The Labute approximate surface area is 119 Å². The first-order valence-electron chi connectivity index (χ1n) is 6.85. The molecule has 0 bridgehead atoms. The minimum Gasteiger partial charge on any atom is -0.342 e. The average Bonchev–Trinajstić information content (AvgIpc) is 2.86. The SMILES string of the molecule is CCCc1ccc(C(=O)N[C@H](C)c2nncn2C)cc1. The molecule has 5 nitrogen and oxygen atoms in total. The van der Waals surface area contributed by atoms with E-state index in [4.69, 9.17) is 0 Å². The molecule has 5 heteroatoms. The minimum atomic E-state index is -0.176. The van der Waals surface area contributed by atoms with Gasteiger partial charge >= 0.3 is 0 Å². The van der Waals surface area contributed by atoms with Gasteiger partial charge in [0.05, 0.1) is 6.04 Å². The van der Waals surface area contributed by atoms with E-state index >= 15 is 0 Å².